The number of carbonyl (C=O) groups excluding carboxylic acids is 2. The van der Waals surface area contributed by atoms with Crippen molar-refractivity contribution in [1.29, 1.82) is 0 Å². The van der Waals surface area contributed by atoms with Crippen molar-refractivity contribution in [3.63, 3.8) is 0 Å². The Balaban J connectivity index is 0. The highest BCUT2D eigenvalue weighted by atomic mass is 16.5. The van der Waals surface area contributed by atoms with Gasteiger partial charge in [-0.25, -0.2) is 0 Å². The first-order valence-electron chi connectivity index (χ1n) is 7.20. The lowest BCUT2D eigenvalue weighted by Crippen LogP contribution is -2.19. The molecule has 0 radical (unpaired) electrons. The third-order valence-electron chi connectivity index (χ3n) is 2.30. The van der Waals surface area contributed by atoms with Crippen molar-refractivity contribution in [3.8, 4) is 0 Å². The smallest absolute Gasteiger partial charge is 0.222 e. The quantitative estimate of drug-likeness (QED) is 0.231. The van der Waals surface area contributed by atoms with Gasteiger partial charge < -0.3 is 20.1 Å². The predicted molar refractivity (Wildman–Crippen MR) is 87.0 cm³/mol. The van der Waals surface area contributed by atoms with E-state index in [4.69, 9.17) is 20.5 Å². The van der Waals surface area contributed by atoms with E-state index in [1.165, 1.54) is 0 Å². The van der Waals surface area contributed by atoms with Crippen LogP contribution in [0.2, 0.25) is 0 Å². The van der Waals surface area contributed by atoms with Gasteiger partial charge in [0.2, 0.25) is 11.8 Å². The molecule has 2 amide bonds. The summed E-state index contributed by atoms with van der Waals surface area (Å²) in [5.41, 5.74) is 15.8. The van der Waals surface area contributed by atoms with Crippen LogP contribution < -0.4 is 10.6 Å². The Morgan fingerprint density at radius 1 is 0.833 bits per heavy atom. The first-order valence-corrected chi connectivity index (χ1v) is 7.20. The minimum atomic E-state index is -0.0567. The van der Waals surface area contributed by atoms with Crippen LogP contribution in [-0.4, -0.2) is 65.4 Å². The van der Waals surface area contributed by atoms with Crippen LogP contribution in [0.25, 0.3) is 20.9 Å². The van der Waals surface area contributed by atoms with Crippen molar-refractivity contribution in [2.45, 2.75) is 12.8 Å². The molecule has 0 bridgehead atoms. The number of carbonyl (C=O) groups is 2. The summed E-state index contributed by atoms with van der Waals surface area (Å²) in [4.78, 5) is 26.4. The molecule has 0 heterocycles. The normalized spacial score (nSPS) is 8.75. The summed E-state index contributed by atoms with van der Waals surface area (Å²) in [5.74, 6) is -0.113. The zero-order valence-corrected chi connectivity index (χ0v) is 14.0. The SMILES string of the molecule is CNC(=O)CCOCCN=[N+]=[N-].CNC(=O)CCOCCN=[N+]=[N-]. The number of nitrogens with zero attached hydrogens (tertiary/aromatic N) is 6. The van der Waals surface area contributed by atoms with Crippen LogP contribution in [-0.2, 0) is 19.1 Å². The Hall–Kier alpha value is -2.52. The van der Waals surface area contributed by atoms with Crippen molar-refractivity contribution < 1.29 is 19.1 Å². The lowest BCUT2D eigenvalue weighted by atomic mass is 10.4. The molecular formula is C12H24N8O4. The standard InChI is InChI=1S/2C6H12N4O2/c2*1-8-6(11)2-4-12-5-3-9-10-7/h2*2-5H2,1H3,(H,8,11). The molecule has 2 N–H and O–H groups in total. The molecule has 0 saturated heterocycles. The molecule has 0 atom stereocenters. The molecule has 12 nitrogen and oxygen atoms in total. The van der Waals surface area contributed by atoms with E-state index in [1.807, 2.05) is 0 Å². The summed E-state index contributed by atoms with van der Waals surface area (Å²) >= 11 is 0. The van der Waals surface area contributed by atoms with Crippen molar-refractivity contribution in [2.24, 2.45) is 10.2 Å². The number of rotatable bonds is 12. The molecule has 0 unspecified atom stereocenters. The second kappa shape index (κ2) is 20.5. The molecule has 0 fully saturated rings. The van der Waals surface area contributed by atoms with E-state index in [2.05, 4.69) is 30.7 Å². The Morgan fingerprint density at radius 3 is 1.50 bits per heavy atom. The number of hydrogen-bond acceptors (Lipinski definition) is 6. The summed E-state index contributed by atoms with van der Waals surface area (Å²) in [6.07, 6.45) is 0.680. The average molecular weight is 344 g/mol. The molecule has 0 saturated carbocycles. The molecule has 0 aliphatic rings. The second-order valence-corrected chi connectivity index (χ2v) is 3.98. The maximum absolute atomic E-state index is 10.6. The summed E-state index contributed by atoms with van der Waals surface area (Å²) in [5, 5.41) is 11.5. The number of hydrogen-bond donors (Lipinski definition) is 2. The molecule has 0 rings (SSSR count). The van der Waals surface area contributed by atoms with Crippen LogP contribution in [0.3, 0.4) is 0 Å². The zero-order valence-electron chi connectivity index (χ0n) is 14.0. The van der Waals surface area contributed by atoms with Gasteiger partial charge in [0, 0.05) is 49.8 Å². The van der Waals surface area contributed by atoms with Gasteiger partial charge in [0.1, 0.15) is 0 Å². The molecule has 136 valence electrons. The van der Waals surface area contributed by atoms with E-state index >= 15 is 0 Å². The van der Waals surface area contributed by atoms with Gasteiger partial charge in [0.15, 0.2) is 0 Å². The van der Waals surface area contributed by atoms with Crippen LogP contribution in [0.15, 0.2) is 10.2 Å². The monoisotopic (exact) mass is 344 g/mol. The second-order valence-electron chi connectivity index (χ2n) is 3.98. The molecule has 0 aliphatic heterocycles. The number of ether oxygens (including phenoxy) is 2. The summed E-state index contributed by atoms with van der Waals surface area (Å²) in [6, 6.07) is 0. The topological polar surface area (TPSA) is 174 Å². The highest BCUT2D eigenvalue weighted by molar-refractivity contribution is 5.75. The minimum absolute atomic E-state index is 0.0567. The summed E-state index contributed by atoms with van der Waals surface area (Å²) in [6.45, 7) is 2.07. The molecule has 0 aliphatic carbocycles. The molecule has 0 aromatic heterocycles. The first-order chi connectivity index (χ1) is 11.6. The lowest BCUT2D eigenvalue weighted by molar-refractivity contribution is -0.122. The van der Waals surface area contributed by atoms with Gasteiger partial charge in [-0.05, 0) is 11.1 Å². The van der Waals surface area contributed by atoms with Crippen LogP contribution in [0.5, 0.6) is 0 Å². The fourth-order valence-corrected chi connectivity index (χ4v) is 1.08. The van der Waals surface area contributed by atoms with Crippen LogP contribution >= 0.6 is 0 Å². The van der Waals surface area contributed by atoms with Gasteiger partial charge in [-0.15, -0.1) is 0 Å². The van der Waals surface area contributed by atoms with Crippen LogP contribution in [0.1, 0.15) is 12.8 Å². The molecule has 0 spiro atoms. The third kappa shape index (κ3) is 21.8. The Kier molecular flexibility index (Phi) is 20.3. The molecule has 12 heteroatoms. The van der Waals surface area contributed by atoms with Gasteiger partial charge >= 0.3 is 0 Å². The predicted octanol–water partition coefficient (Wildman–Crippen LogP) is 0.899. The van der Waals surface area contributed by atoms with Crippen LogP contribution in [0.4, 0.5) is 0 Å². The van der Waals surface area contributed by atoms with Gasteiger partial charge in [0.25, 0.3) is 0 Å². The van der Waals surface area contributed by atoms with Crippen molar-refractivity contribution in [2.75, 3.05) is 53.6 Å². The molecule has 24 heavy (non-hydrogen) atoms. The Labute approximate surface area is 140 Å². The molecule has 0 aromatic rings. The van der Waals surface area contributed by atoms with E-state index in [1.54, 1.807) is 14.1 Å². The van der Waals surface area contributed by atoms with Gasteiger partial charge in [-0.1, -0.05) is 10.2 Å². The van der Waals surface area contributed by atoms with E-state index in [-0.39, 0.29) is 11.8 Å². The molecular weight excluding hydrogens is 320 g/mol. The van der Waals surface area contributed by atoms with Gasteiger partial charge in [-0.3, -0.25) is 9.59 Å². The fourth-order valence-electron chi connectivity index (χ4n) is 1.08. The van der Waals surface area contributed by atoms with Gasteiger partial charge in [-0.2, -0.15) is 0 Å². The van der Waals surface area contributed by atoms with Gasteiger partial charge in [0.05, 0.1) is 26.4 Å². The zero-order chi connectivity index (χ0) is 18.5. The number of azide groups is 2. The summed E-state index contributed by atoms with van der Waals surface area (Å²) in [7, 11) is 3.14. The third-order valence-corrected chi connectivity index (χ3v) is 2.30. The number of nitrogens with one attached hydrogen (secondary N) is 2. The maximum atomic E-state index is 10.6. The highest BCUT2D eigenvalue weighted by Crippen LogP contribution is 1.84. The minimum Gasteiger partial charge on any atom is -0.381 e. The molecule has 0 aromatic carbocycles. The lowest BCUT2D eigenvalue weighted by Gasteiger charge is -2.00. The van der Waals surface area contributed by atoms with E-state index < -0.39 is 0 Å². The van der Waals surface area contributed by atoms with Crippen molar-refractivity contribution in [1.82, 2.24) is 10.6 Å². The summed E-state index contributed by atoms with van der Waals surface area (Å²) < 4.78 is 9.96. The van der Waals surface area contributed by atoms with E-state index in [0.29, 0.717) is 52.4 Å². The largest absolute Gasteiger partial charge is 0.381 e. The average Bonchev–Trinajstić information content (AvgIpc) is 2.61. The van der Waals surface area contributed by atoms with Crippen molar-refractivity contribution in [3.05, 3.63) is 20.9 Å². The Bertz CT molecular complexity index is 393. The maximum Gasteiger partial charge on any atom is 0.222 e. The van der Waals surface area contributed by atoms with Crippen molar-refractivity contribution >= 4 is 11.8 Å². The number of amides is 2. The van der Waals surface area contributed by atoms with E-state index in [9.17, 15) is 9.59 Å². The highest BCUT2D eigenvalue weighted by Gasteiger charge is 1.96. The first kappa shape index (κ1) is 23.7. The van der Waals surface area contributed by atoms with Crippen LogP contribution in [0, 0.1) is 0 Å². The Morgan fingerprint density at radius 2 is 1.21 bits per heavy atom. The fraction of sp³-hybridized carbons (Fsp3) is 0.833. The van der Waals surface area contributed by atoms with E-state index in [0.717, 1.165) is 0 Å².